The van der Waals surface area contributed by atoms with Gasteiger partial charge in [-0.15, -0.1) is 11.8 Å². The maximum Gasteiger partial charge on any atom is 0.127 e. The predicted molar refractivity (Wildman–Crippen MR) is 65.3 cm³/mol. The van der Waals surface area contributed by atoms with Gasteiger partial charge in [0.15, 0.2) is 0 Å². The fourth-order valence-corrected chi connectivity index (χ4v) is 2.23. The van der Waals surface area contributed by atoms with Crippen molar-refractivity contribution >= 4 is 11.8 Å². The van der Waals surface area contributed by atoms with Crippen LogP contribution in [0, 0.1) is 5.82 Å². The van der Waals surface area contributed by atoms with Crippen LogP contribution < -0.4 is 0 Å². The summed E-state index contributed by atoms with van der Waals surface area (Å²) >= 11 is 1.60. The van der Waals surface area contributed by atoms with Crippen LogP contribution in [0.1, 0.15) is 0 Å². The number of hydrogen-bond donors (Lipinski definition) is 1. The van der Waals surface area contributed by atoms with Gasteiger partial charge in [-0.3, -0.25) is 0 Å². The number of hydrogen-bond acceptors (Lipinski definition) is 2. The molecule has 0 saturated heterocycles. The Hall–Kier alpha value is -1.48. The molecule has 82 valence electrons. The summed E-state index contributed by atoms with van der Waals surface area (Å²) in [6, 6.07) is 11.8. The molecule has 2 aromatic rings. The molecule has 0 radical (unpaired) electrons. The van der Waals surface area contributed by atoms with E-state index in [2.05, 4.69) is 0 Å². The zero-order valence-electron chi connectivity index (χ0n) is 8.77. The molecule has 0 aromatic heterocycles. The first-order chi connectivity index (χ1) is 7.70. The fraction of sp³-hybridized carbons (Fsp3) is 0.0769. The molecule has 3 heteroatoms. The van der Waals surface area contributed by atoms with Crippen LogP contribution in [-0.4, -0.2) is 11.4 Å². The smallest absolute Gasteiger partial charge is 0.127 e. The summed E-state index contributed by atoms with van der Waals surface area (Å²) in [6.45, 7) is 0. The molecule has 2 rings (SSSR count). The van der Waals surface area contributed by atoms with Crippen molar-refractivity contribution in [3.8, 4) is 16.9 Å². The SMILES string of the molecule is CSc1ccccc1-c1cc(O)cc(F)c1. The molecule has 0 fully saturated rings. The minimum Gasteiger partial charge on any atom is -0.508 e. The van der Waals surface area contributed by atoms with Gasteiger partial charge in [0.2, 0.25) is 0 Å². The number of rotatable bonds is 2. The predicted octanol–water partition coefficient (Wildman–Crippen LogP) is 3.92. The molecule has 1 N–H and O–H groups in total. The first kappa shape index (κ1) is 11.0. The first-order valence-corrected chi connectivity index (χ1v) is 6.06. The molecule has 2 aromatic carbocycles. The van der Waals surface area contributed by atoms with Crippen molar-refractivity contribution in [1.82, 2.24) is 0 Å². The van der Waals surface area contributed by atoms with Crippen molar-refractivity contribution in [2.24, 2.45) is 0 Å². The zero-order valence-corrected chi connectivity index (χ0v) is 9.59. The lowest BCUT2D eigenvalue weighted by Gasteiger charge is -2.07. The highest BCUT2D eigenvalue weighted by molar-refractivity contribution is 7.98. The number of phenols is 1. The highest BCUT2D eigenvalue weighted by Crippen LogP contribution is 2.32. The van der Waals surface area contributed by atoms with Crippen LogP contribution >= 0.6 is 11.8 Å². The van der Waals surface area contributed by atoms with E-state index in [1.807, 2.05) is 30.5 Å². The molecule has 0 aliphatic rings. The van der Waals surface area contributed by atoms with Gasteiger partial charge in [0, 0.05) is 11.0 Å². The van der Waals surface area contributed by atoms with Gasteiger partial charge in [-0.2, -0.15) is 0 Å². The molecule has 0 heterocycles. The summed E-state index contributed by atoms with van der Waals surface area (Å²) in [5, 5.41) is 9.37. The minimum absolute atomic E-state index is 0.0501. The van der Waals surface area contributed by atoms with Gasteiger partial charge < -0.3 is 5.11 Å². The molecular weight excluding hydrogens is 223 g/mol. The van der Waals surface area contributed by atoms with Gasteiger partial charge in [0.05, 0.1) is 0 Å². The molecule has 0 spiro atoms. The van der Waals surface area contributed by atoms with Gasteiger partial charge in [-0.25, -0.2) is 4.39 Å². The standard InChI is InChI=1S/C13H11FOS/c1-16-13-5-3-2-4-12(13)9-6-10(14)8-11(15)7-9/h2-8,15H,1H3. The number of aromatic hydroxyl groups is 1. The van der Waals surface area contributed by atoms with Gasteiger partial charge in [0.1, 0.15) is 11.6 Å². The lowest BCUT2D eigenvalue weighted by molar-refractivity contribution is 0.469. The van der Waals surface area contributed by atoms with E-state index < -0.39 is 5.82 Å². The van der Waals surface area contributed by atoms with Crippen molar-refractivity contribution < 1.29 is 9.50 Å². The summed E-state index contributed by atoms with van der Waals surface area (Å²) in [6.07, 6.45) is 1.97. The van der Waals surface area contributed by atoms with E-state index in [-0.39, 0.29) is 5.75 Å². The molecule has 0 unspecified atom stereocenters. The number of thioether (sulfide) groups is 1. The van der Waals surface area contributed by atoms with E-state index in [4.69, 9.17) is 0 Å². The topological polar surface area (TPSA) is 20.2 Å². The molecule has 1 nitrogen and oxygen atoms in total. The van der Waals surface area contributed by atoms with Crippen LogP contribution in [0.2, 0.25) is 0 Å². The first-order valence-electron chi connectivity index (χ1n) is 4.83. The summed E-state index contributed by atoms with van der Waals surface area (Å²) in [4.78, 5) is 1.06. The lowest BCUT2D eigenvalue weighted by atomic mass is 10.1. The zero-order chi connectivity index (χ0) is 11.5. The second-order valence-corrected chi connectivity index (χ2v) is 4.25. The Labute approximate surface area is 97.9 Å². The Morgan fingerprint density at radius 1 is 1.12 bits per heavy atom. The van der Waals surface area contributed by atoms with Gasteiger partial charge in [-0.1, -0.05) is 18.2 Å². The summed E-state index contributed by atoms with van der Waals surface area (Å²) in [7, 11) is 0. The Kier molecular flexibility index (Phi) is 3.15. The third kappa shape index (κ3) is 2.19. The summed E-state index contributed by atoms with van der Waals surface area (Å²) in [5.74, 6) is -0.475. The highest BCUT2D eigenvalue weighted by Gasteiger charge is 2.06. The number of benzene rings is 2. The molecule has 16 heavy (non-hydrogen) atoms. The molecular formula is C13H11FOS. The van der Waals surface area contributed by atoms with Gasteiger partial charge in [0.25, 0.3) is 0 Å². The van der Waals surface area contributed by atoms with Crippen molar-refractivity contribution in [3.05, 3.63) is 48.3 Å². The van der Waals surface area contributed by atoms with E-state index in [0.717, 1.165) is 16.5 Å². The van der Waals surface area contributed by atoms with Crippen LogP contribution in [0.4, 0.5) is 4.39 Å². The van der Waals surface area contributed by atoms with Crippen LogP contribution in [0.25, 0.3) is 11.1 Å². The summed E-state index contributed by atoms with van der Waals surface area (Å²) in [5.41, 5.74) is 1.63. The van der Waals surface area contributed by atoms with Crippen molar-refractivity contribution in [3.63, 3.8) is 0 Å². The van der Waals surface area contributed by atoms with E-state index in [9.17, 15) is 9.50 Å². The van der Waals surface area contributed by atoms with Crippen LogP contribution in [0.15, 0.2) is 47.4 Å². The van der Waals surface area contributed by atoms with Gasteiger partial charge >= 0.3 is 0 Å². The van der Waals surface area contributed by atoms with E-state index in [1.165, 1.54) is 6.07 Å². The summed E-state index contributed by atoms with van der Waals surface area (Å²) < 4.78 is 13.2. The number of phenolic OH excluding ortho intramolecular Hbond substituents is 1. The molecule has 0 saturated carbocycles. The minimum atomic E-state index is -0.425. The van der Waals surface area contributed by atoms with Crippen LogP contribution in [0.3, 0.4) is 0 Å². The monoisotopic (exact) mass is 234 g/mol. The van der Waals surface area contributed by atoms with Crippen LogP contribution in [-0.2, 0) is 0 Å². The average Bonchev–Trinajstić information content (AvgIpc) is 2.27. The Morgan fingerprint density at radius 3 is 2.56 bits per heavy atom. The Balaban J connectivity index is 2.58. The van der Waals surface area contributed by atoms with Crippen molar-refractivity contribution in [2.45, 2.75) is 4.90 Å². The number of halogens is 1. The van der Waals surface area contributed by atoms with Gasteiger partial charge in [-0.05, 0) is 35.6 Å². The fourth-order valence-electron chi connectivity index (χ4n) is 1.61. The van der Waals surface area contributed by atoms with Crippen molar-refractivity contribution in [1.29, 1.82) is 0 Å². The molecule has 0 aliphatic carbocycles. The van der Waals surface area contributed by atoms with Crippen molar-refractivity contribution in [2.75, 3.05) is 6.26 Å². The molecule has 0 aliphatic heterocycles. The van der Waals surface area contributed by atoms with E-state index in [1.54, 1.807) is 17.8 Å². The van der Waals surface area contributed by atoms with Crippen LogP contribution in [0.5, 0.6) is 5.75 Å². The second-order valence-electron chi connectivity index (χ2n) is 3.40. The quantitative estimate of drug-likeness (QED) is 0.795. The Bertz CT molecular complexity index is 491. The highest BCUT2D eigenvalue weighted by atomic mass is 32.2. The largest absolute Gasteiger partial charge is 0.508 e. The maximum atomic E-state index is 13.2. The lowest BCUT2D eigenvalue weighted by Crippen LogP contribution is -1.83. The normalized spacial score (nSPS) is 10.4. The molecule has 0 atom stereocenters. The maximum absolute atomic E-state index is 13.2. The van der Waals surface area contributed by atoms with E-state index in [0.29, 0.717) is 5.56 Å². The third-order valence-corrected chi connectivity index (χ3v) is 3.10. The average molecular weight is 234 g/mol. The van der Waals surface area contributed by atoms with E-state index >= 15 is 0 Å². The third-order valence-electron chi connectivity index (χ3n) is 2.30. The molecule has 0 bridgehead atoms. The molecule has 0 amide bonds. The Morgan fingerprint density at radius 2 is 1.88 bits per heavy atom. The second kappa shape index (κ2) is 4.58.